The van der Waals surface area contributed by atoms with E-state index in [1.165, 1.54) is 11.8 Å². The number of H-pyrrole nitrogens is 1. The van der Waals surface area contributed by atoms with E-state index in [2.05, 4.69) is 25.8 Å². The maximum atomic E-state index is 11.9. The van der Waals surface area contributed by atoms with Gasteiger partial charge in [-0.25, -0.2) is 9.97 Å². The quantitative estimate of drug-likeness (QED) is 0.339. The summed E-state index contributed by atoms with van der Waals surface area (Å²) in [5.41, 5.74) is 3.48. The topological polar surface area (TPSA) is 95.6 Å². The lowest BCUT2D eigenvalue weighted by molar-refractivity contribution is -0.115. The number of aromatic amines is 1. The molecule has 3 N–H and O–H groups in total. The number of hydrogen-bond donors (Lipinski definition) is 3. The van der Waals surface area contributed by atoms with Crippen LogP contribution in [-0.4, -0.2) is 26.1 Å². The second kappa shape index (κ2) is 9.44. The number of aromatic nitrogens is 4. The van der Waals surface area contributed by atoms with Crippen LogP contribution in [0.3, 0.4) is 0 Å². The molecule has 0 aliphatic carbocycles. The number of anilines is 3. The summed E-state index contributed by atoms with van der Waals surface area (Å²) < 4.78 is 0. The van der Waals surface area contributed by atoms with Crippen molar-refractivity contribution in [1.29, 1.82) is 0 Å². The van der Waals surface area contributed by atoms with Crippen LogP contribution in [0.5, 0.6) is 0 Å². The van der Waals surface area contributed by atoms with E-state index in [0.29, 0.717) is 23.2 Å². The number of nitrogens with zero attached hydrogens (tertiary/aromatic N) is 3. The van der Waals surface area contributed by atoms with Crippen LogP contribution >= 0.6 is 11.8 Å². The molecule has 8 heteroatoms. The fourth-order valence-electron chi connectivity index (χ4n) is 2.90. The van der Waals surface area contributed by atoms with Crippen LogP contribution in [0.25, 0.3) is 11.3 Å². The molecule has 0 aliphatic rings. The maximum absolute atomic E-state index is 11.9. The van der Waals surface area contributed by atoms with E-state index in [1.807, 2.05) is 80.6 Å². The molecule has 0 fully saturated rings. The normalized spacial score (nSPS) is 10.6. The number of benzene rings is 2. The van der Waals surface area contributed by atoms with Gasteiger partial charge in [0.05, 0.1) is 11.4 Å². The third-order valence-electron chi connectivity index (χ3n) is 4.42. The van der Waals surface area contributed by atoms with Gasteiger partial charge in [-0.1, -0.05) is 49.4 Å². The van der Waals surface area contributed by atoms with Gasteiger partial charge in [-0.05, 0) is 30.8 Å². The SMILES string of the molecule is CCC(=O)Nc1ccccc1Sc1nc(Nc2cc(C)[nH]n2)cc(-c2ccccc2)n1. The van der Waals surface area contributed by atoms with Gasteiger partial charge in [0.25, 0.3) is 0 Å². The summed E-state index contributed by atoms with van der Waals surface area (Å²) in [7, 11) is 0. The smallest absolute Gasteiger partial charge is 0.224 e. The Balaban J connectivity index is 1.70. The molecule has 0 saturated carbocycles. The second-order valence-corrected chi connectivity index (χ2v) is 7.86. The zero-order chi connectivity index (χ0) is 21.6. The molecule has 2 heterocycles. The minimum absolute atomic E-state index is 0.0386. The average molecular weight is 431 g/mol. The van der Waals surface area contributed by atoms with Crippen molar-refractivity contribution in [2.24, 2.45) is 0 Å². The monoisotopic (exact) mass is 430 g/mol. The molecule has 4 aromatic rings. The Morgan fingerprint density at radius 1 is 1.00 bits per heavy atom. The Morgan fingerprint density at radius 3 is 2.52 bits per heavy atom. The predicted octanol–water partition coefficient (Wildman–Crippen LogP) is 5.42. The zero-order valence-corrected chi connectivity index (χ0v) is 18.0. The van der Waals surface area contributed by atoms with E-state index < -0.39 is 0 Å². The molecule has 4 rings (SSSR count). The Kier molecular flexibility index (Phi) is 6.28. The van der Waals surface area contributed by atoms with Crippen molar-refractivity contribution in [1.82, 2.24) is 20.2 Å². The zero-order valence-electron chi connectivity index (χ0n) is 17.2. The van der Waals surface area contributed by atoms with Crippen LogP contribution in [0.4, 0.5) is 17.3 Å². The van der Waals surface area contributed by atoms with Gasteiger partial charge < -0.3 is 10.6 Å². The van der Waals surface area contributed by atoms with Gasteiger partial charge in [-0.2, -0.15) is 5.10 Å². The van der Waals surface area contributed by atoms with E-state index in [9.17, 15) is 4.79 Å². The van der Waals surface area contributed by atoms with Gasteiger partial charge in [0.2, 0.25) is 5.91 Å². The lowest BCUT2D eigenvalue weighted by Crippen LogP contribution is -2.10. The highest BCUT2D eigenvalue weighted by Gasteiger charge is 2.12. The molecule has 2 aromatic heterocycles. The highest BCUT2D eigenvalue weighted by atomic mass is 32.2. The summed E-state index contributed by atoms with van der Waals surface area (Å²) in [6.45, 7) is 3.77. The first-order valence-corrected chi connectivity index (χ1v) is 10.7. The highest BCUT2D eigenvalue weighted by molar-refractivity contribution is 7.99. The molecule has 0 saturated heterocycles. The van der Waals surface area contributed by atoms with Gasteiger partial charge in [-0.3, -0.25) is 9.89 Å². The number of rotatable bonds is 7. The van der Waals surface area contributed by atoms with E-state index in [0.717, 1.165) is 27.5 Å². The van der Waals surface area contributed by atoms with Crippen LogP contribution in [0.1, 0.15) is 19.0 Å². The Morgan fingerprint density at radius 2 is 1.77 bits per heavy atom. The van der Waals surface area contributed by atoms with Crippen molar-refractivity contribution in [2.45, 2.75) is 30.3 Å². The van der Waals surface area contributed by atoms with Crippen molar-refractivity contribution in [3.05, 3.63) is 72.4 Å². The number of para-hydroxylation sites is 1. The summed E-state index contributed by atoms with van der Waals surface area (Å²) in [6.07, 6.45) is 0.413. The molecule has 1 amide bonds. The fraction of sp³-hybridized carbons (Fsp3) is 0.130. The number of aryl methyl sites for hydroxylation is 1. The van der Waals surface area contributed by atoms with Gasteiger partial charge in [0.1, 0.15) is 5.82 Å². The van der Waals surface area contributed by atoms with E-state index in [4.69, 9.17) is 4.98 Å². The maximum Gasteiger partial charge on any atom is 0.224 e. The van der Waals surface area contributed by atoms with Gasteiger partial charge >= 0.3 is 0 Å². The van der Waals surface area contributed by atoms with E-state index in [1.54, 1.807) is 0 Å². The summed E-state index contributed by atoms with van der Waals surface area (Å²) in [5.74, 6) is 1.28. The van der Waals surface area contributed by atoms with Gasteiger partial charge in [0.15, 0.2) is 11.0 Å². The minimum Gasteiger partial charge on any atom is -0.325 e. The third kappa shape index (κ3) is 5.29. The molecular formula is C23H22N6OS. The van der Waals surface area contributed by atoms with Gasteiger partial charge in [-0.15, -0.1) is 0 Å². The van der Waals surface area contributed by atoms with Crippen molar-refractivity contribution in [3.63, 3.8) is 0 Å². The molecule has 2 aromatic carbocycles. The fourth-order valence-corrected chi connectivity index (χ4v) is 3.76. The van der Waals surface area contributed by atoms with Crippen molar-refractivity contribution in [3.8, 4) is 11.3 Å². The number of carbonyl (C=O) groups excluding carboxylic acids is 1. The summed E-state index contributed by atoms with van der Waals surface area (Å²) in [5, 5.41) is 13.9. The molecule has 0 bridgehead atoms. The highest BCUT2D eigenvalue weighted by Crippen LogP contribution is 2.34. The van der Waals surface area contributed by atoms with Crippen molar-refractivity contribution >= 4 is 35.0 Å². The summed E-state index contributed by atoms with van der Waals surface area (Å²) >= 11 is 1.40. The van der Waals surface area contributed by atoms with Crippen LogP contribution in [0.15, 0.2) is 76.8 Å². The molecule has 156 valence electrons. The van der Waals surface area contributed by atoms with E-state index >= 15 is 0 Å². The molecule has 31 heavy (non-hydrogen) atoms. The lowest BCUT2D eigenvalue weighted by atomic mass is 10.1. The largest absolute Gasteiger partial charge is 0.325 e. The second-order valence-electron chi connectivity index (χ2n) is 6.85. The Bertz CT molecular complexity index is 1190. The van der Waals surface area contributed by atoms with Crippen LogP contribution in [-0.2, 0) is 4.79 Å². The first-order valence-electron chi connectivity index (χ1n) is 9.91. The molecule has 7 nitrogen and oxygen atoms in total. The van der Waals surface area contributed by atoms with Gasteiger partial charge in [0, 0.05) is 34.7 Å². The van der Waals surface area contributed by atoms with Crippen LogP contribution in [0, 0.1) is 6.92 Å². The number of nitrogens with one attached hydrogen (secondary N) is 3. The first-order chi connectivity index (χ1) is 15.1. The lowest BCUT2D eigenvalue weighted by Gasteiger charge is -2.11. The number of hydrogen-bond acceptors (Lipinski definition) is 6. The molecule has 0 unspecified atom stereocenters. The minimum atomic E-state index is -0.0386. The third-order valence-corrected chi connectivity index (χ3v) is 5.36. The van der Waals surface area contributed by atoms with Crippen LogP contribution < -0.4 is 10.6 Å². The molecule has 0 spiro atoms. The van der Waals surface area contributed by atoms with Crippen molar-refractivity contribution in [2.75, 3.05) is 10.6 Å². The van der Waals surface area contributed by atoms with Crippen LogP contribution in [0.2, 0.25) is 0 Å². The summed E-state index contributed by atoms with van der Waals surface area (Å²) in [4.78, 5) is 22.2. The number of carbonyl (C=O) groups is 1. The molecule has 0 aliphatic heterocycles. The predicted molar refractivity (Wildman–Crippen MR) is 124 cm³/mol. The molecule has 0 radical (unpaired) electrons. The number of amides is 1. The molecule has 0 atom stereocenters. The van der Waals surface area contributed by atoms with E-state index in [-0.39, 0.29) is 5.91 Å². The average Bonchev–Trinajstić information content (AvgIpc) is 3.20. The summed E-state index contributed by atoms with van der Waals surface area (Å²) in [6, 6.07) is 21.4. The first kappa shape index (κ1) is 20.6. The molecular weight excluding hydrogens is 408 g/mol. The van der Waals surface area contributed by atoms with Crippen molar-refractivity contribution < 1.29 is 4.79 Å². The Labute approximate surface area is 184 Å². The Hall–Kier alpha value is -3.65. The standard InChI is InChI=1S/C23H22N6OS/c1-3-22(30)24-17-11-7-8-12-19(17)31-23-25-18(16-9-5-4-6-10-16)14-20(27-23)26-21-13-15(2)28-29-21/h4-14H,3H2,1-2H3,(H,24,30)(H2,25,26,27,28,29).